The van der Waals surface area contributed by atoms with Gasteiger partial charge >= 0.3 is 6.18 Å². The van der Waals surface area contributed by atoms with Gasteiger partial charge in [0.15, 0.2) is 10.7 Å². The molecule has 0 radical (unpaired) electrons. The van der Waals surface area contributed by atoms with Crippen molar-refractivity contribution in [1.82, 2.24) is 67.2 Å². The number of hydrogen-bond donors (Lipinski definition) is 11. The molecule has 5 fully saturated rings. The van der Waals surface area contributed by atoms with E-state index < -0.39 is 81.1 Å². The summed E-state index contributed by atoms with van der Waals surface area (Å²) in [6.07, 6.45) is 1.17. The fourth-order valence-corrected chi connectivity index (χ4v) is 16.8. The van der Waals surface area contributed by atoms with E-state index in [1.165, 1.54) is 44.6 Å². The molecule has 19 rings (SSSR count). The lowest BCUT2D eigenvalue weighted by Crippen LogP contribution is -2.37. The number of halogens is 3. The van der Waals surface area contributed by atoms with Crippen molar-refractivity contribution in [2.75, 3.05) is 79.8 Å². The third-order valence-corrected chi connectivity index (χ3v) is 24.7. The van der Waals surface area contributed by atoms with Gasteiger partial charge in [-0.3, -0.25) is 61.1 Å². The Morgan fingerprint density at radius 3 is 1.15 bits per heavy atom. The molecule has 13 aromatic rings. The van der Waals surface area contributed by atoms with Gasteiger partial charge in [0.05, 0.1) is 50.8 Å². The summed E-state index contributed by atoms with van der Waals surface area (Å²) in [5, 5.41) is 66.6. The number of aliphatic hydroxyl groups is 5. The molecule has 0 aliphatic carbocycles. The zero-order chi connectivity index (χ0) is 101. The minimum absolute atomic E-state index is 0.0463. The van der Waals surface area contributed by atoms with Crippen LogP contribution in [0.25, 0.3) is 73.0 Å². The largest absolute Gasteiger partial charge is 0.416 e. The highest BCUT2D eigenvalue weighted by Crippen LogP contribution is 2.38. The van der Waals surface area contributed by atoms with E-state index in [0.29, 0.717) is 131 Å². The number of amides is 10. The Balaban J connectivity index is 0.000000134. The Kier molecular flexibility index (Phi) is 27.2. The van der Waals surface area contributed by atoms with Crippen LogP contribution in [0.5, 0.6) is 0 Å². The first kappa shape index (κ1) is 97.9. The van der Waals surface area contributed by atoms with E-state index >= 15 is 0 Å². The number of likely N-dealkylation sites (tertiary alicyclic amines) is 5. The molecular weight excluding hydrogens is 1840 g/mol. The van der Waals surface area contributed by atoms with Crippen molar-refractivity contribution >= 4 is 92.8 Å². The summed E-state index contributed by atoms with van der Waals surface area (Å²) in [5.41, 5.74) is 27.5. The Hall–Kier alpha value is -17.6. The highest BCUT2D eigenvalue weighted by Gasteiger charge is 2.47. The number of hydrogen-bond acceptors (Lipinski definition) is 23. The van der Waals surface area contributed by atoms with Gasteiger partial charge in [0.25, 0.3) is 59.1 Å². The maximum absolute atomic E-state index is 13.2. The van der Waals surface area contributed by atoms with E-state index in [4.69, 9.17) is 28.7 Å². The number of nitrogens with one attached hydrogen (secondary N) is 1. The predicted octanol–water partition coefficient (Wildman–Crippen LogP) is 4.90. The molecule has 16 N–H and O–H groups in total. The van der Waals surface area contributed by atoms with Crippen molar-refractivity contribution < 1.29 is 86.6 Å². The number of likely N-dealkylation sites (N-methyl/N-ethyl adjacent to an activating group) is 5. The fourth-order valence-electron chi connectivity index (χ4n) is 16.1. The molecule has 10 amide bonds. The number of aromatic nitrogens is 9. The van der Waals surface area contributed by atoms with E-state index in [9.17, 15) is 91.9 Å². The molecular formula is C101H86F3N21O15S. The monoisotopic (exact) mass is 1920 g/mol. The average Bonchev–Trinajstić information content (AvgIpc) is 1.62. The number of carbonyl (C=O) groups is 10. The third-order valence-electron chi connectivity index (χ3n) is 23.8. The zero-order valence-corrected chi connectivity index (χ0v) is 76.7. The van der Waals surface area contributed by atoms with Gasteiger partial charge in [-0.15, -0.1) is 11.3 Å². The van der Waals surface area contributed by atoms with Crippen molar-refractivity contribution in [1.29, 1.82) is 5.26 Å². The van der Waals surface area contributed by atoms with Crippen LogP contribution >= 0.6 is 11.3 Å². The van der Waals surface area contributed by atoms with Gasteiger partial charge < -0.3 is 88.6 Å². The molecule has 14 heterocycles. The third kappa shape index (κ3) is 20.5. The van der Waals surface area contributed by atoms with Crippen LogP contribution in [0.3, 0.4) is 0 Å². The summed E-state index contributed by atoms with van der Waals surface area (Å²) in [6.45, 7) is 3.59. The number of thiazole rings is 1. The van der Waals surface area contributed by atoms with Gasteiger partial charge in [-0.2, -0.15) is 18.4 Å². The van der Waals surface area contributed by atoms with Gasteiger partial charge in [0, 0.05) is 193 Å². The average molecular weight is 1920 g/mol. The highest BCUT2D eigenvalue weighted by molar-refractivity contribution is 7.12. The van der Waals surface area contributed by atoms with E-state index in [-0.39, 0.29) is 82.8 Å². The number of rotatable bonds is 10. The van der Waals surface area contributed by atoms with E-state index in [2.05, 4.69) is 95.5 Å². The summed E-state index contributed by atoms with van der Waals surface area (Å²) in [7, 11) is 8.12. The smallest absolute Gasteiger partial charge is 0.369 e. The SMILES string of the molecule is CN1CC[C@@](O)(C#Cc2cccc(-c3csc(C(N)=O)n3)c2)C1=O.CN1CC[C@@](O)(C#Cc2cccc(-c3nc(C(N)=O)c4ccccn34)c2)C1=O.CN1CC[C@@](O)(C#Cc2cccc(-c3nc(C(N)=O)n4c3NCC4)c2)C1=O.CN1CC[C@@](O)(C#Cc2cccc(-c3nc(C(N)=O)n4ccc(C#N)cc34)c2)C1=O.CN1CC[C@@](O)(C#Cc2cccc(-c3nc(C(N)=O)n4ccc(C(F)(F)F)cc34)c2)C1=O. The van der Waals surface area contributed by atoms with Gasteiger partial charge in [-0.05, 0) is 97.1 Å². The summed E-state index contributed by atoms with van der Waals surface area (Å²) in [5.74, 6) is 23.6. The predicted molar refractivity (Wildman–Crippen MR) is 508 cm³/mol. The highest BCUT2D eigenvalue weighted by atomic mass is 32.1. The van der Waals surface area contributed by atoms with Crippen molar-refractivity contribution in [2.45, 2.75) is 72.8 Å². The summed E-state index contributed by atoms with van der Waals surface area (Å²) >= 11 is 1.18. The van der Waals surface area contributed by atoms with Crippen molar-refractivity contribution in [3.8, 4) is 122 Å². The number of nitrogens with zero attached hydrogens (tertiary/aromatic N) is 15. The van der Waals surface area contributed by atoms with Crippen LogP contribution in [-0.4, -0.2) is 254 Å². The molecule has 8 aromatic heterocycles. The van der Waals surface area contributed by atoms with Gasteiger partial charge in [0.2, 0.25) is 45.5 Å². The Bertz CT molecular complexity index is 7790. The molecule has 0 bridgehead atoms. The van der Waals surface area contributed by atoms with Gasteiger partial charge in [0.1, 0.15) is 17.3 Å². The number of benzene rings is 5. The van der Waals surface area contributed by atoms with Crippen LogP contribution < -0.4 is 34.0 Å². The molecule has 36 nitrogen and oxygen atoms in total. The number of alkyl halides is 3. The number of primary amides is 5. The van der Waals surface area contributed by atoms with Crippen LogP contribution in [0.4, 0.5) is 19.0 Å². The summed E-state index contributed by atoms with van der Waals surface area (Å²) < 4.78 is 46.0. The van der Waals surface area contributed by atoms with Gasteiger partial charge in [-0.1, -0.05) is 126 Å². The molecule has 5 saturated heterocycles. The second-order valence-corrected chi connectivity index (χ2v) is 34.5. The minimum Gasteiger partial charge on any atom is -0.369 e. The Labute approximate surface area is 805 Å². The Morgan fingerprint density at radius 1 is 0.397 bits per heavy atom. The lowest BCUT2D eigenvalue weighted by atomic mass is 10.0. The van der Waals surface area contributed by atoms with Crippen LogP contribution in [0.1, 0.15) is 123 Å². The molecule has 5 atom stereocenters. The number of anilines is 1. The lowest BCUT2D eigenvalue weighted by Gasteiger charge is -2.13. The quantitative estimate of drug-likeness (QED) is 0.0811. The second kappa shape index (κ2) is 39.2. The first-order valence-corrected chi connectivity index (χ1v) is 44.2. The van der Waals surface area contributed by atoms with Crippen LogP contribution in [0.2, 0.25) is 0 Å². The molecule has 5 aromatic carbocycles. The van der Waals surface area contributed by atoms with Crippen LogP contribution in [-0.2, 0) is 36.7 Å². The van der Waals surface area contributed by atoms with Crippen molar-refractivity contribution in [3.05, 3.63) is 255 Å². The molecule has 6 aliphatic heterocycles. The Morgan fingerprint density at radius 2 is 0.773 bits per heavy atom. The molecule has 712 valence electrons. The standard InChI is InChI=1S/C22H17F3N4O3.C22H17N5O3.C21H18N4O3.C19H19N5O3.C17H15N3O3S/c1-28-10-8-21(32,20(28)31)7-5-13-3-2-4-14(11-13)17-16-12-15(22(23,24)25)6-9-29(16)19(27-17)18(26)30;1-26-10-8-22(30,21(26)29)7-5-14-3-2-4-16(11-14)18-17-12-15(13-23)6-9-27(17)20(25-18)19(24)28;1-24-12-10-21(28,20(24)27)9-8-14-5-4-6-15(13-14)19-23-17(18(22)26)16-7-2-3-11-25(16)19;1-23-9-7-19(27,18(23)26)6-5-12-3-2-4-13(11-12)14-16-21-8-10-24(16)17(22-14)15(20)25;1-20-8-7-17(23,16(20)22)6-5-11-3-2-4-12(9-11)13-10-24-15(19-13)14(18)21/h2-4,6,9,11-12,32H,8,10H2,1H3,(H2,26,30);2-4,6,9,11-12,30H,8,10H2,1H3,(H2,24,28);2-7,11,13,28H,10,12H2,1H3,(H2,22,26);2-4,11,21,27H,7-10H2,1H3,(H2,20,25);2-4,9-10,23H,7-8H2,1H3,(H2,18,21)/t21-;22-;21-;19-;17-/m00000/s1. The van der Waals surface area contributed by atoms with Crippen molar-refractivity contribution in [3.63, 3.8) is 0 Å². The molecule has 40 heteroatoms. The fraction of sp³-hybridized carbons (Fsp3) is 0.228. The molecule has 0 spiro atoms. The molecule has 0 saturated carbocycles. The number of imidazole rings is 4. The summed E-state index contributed by atoms with van der Waals surface area (Å²) in [4.78, 5) is 147. The first-order chi connectivity index (χ1) is 67.0. The number of nitrogens with two attached hydrogens (primary N) is 5. The van der Waals surface area contributed by atoms with Crippen LogP contribution in [0, 0.1) is 70.5 Å². The maximum Gasteiger partial charge on any atom is 0.416 e. The number of nitriles is 1. The van der Waals surface area contributed by atoms with Crippen LogP contribution in [0.15, 0.2) is 188 Å². The lowest BCUT2D eigenvalue weighted by molar-refractivity contribution is -0.138. The van der Waals surface area contributed by atoms with Gasteiger partial charge in [-0.25, -0.2) is 24.9 Å². The molecule has 141 heavy (non-hydrogen) atoms. The number of pyridine rings is 3. The molecule has 6 aliphatic rings. The van der Waals surface area contributed by atoms with E-state index in [0.717, 1.165) is 40.8 Å². The normalized spacial score (nSPS) is 19.2. The van der Waals surface area contributed by atoms with E-state index in [1.807, 2.05) is 42.5 Å². The first-order valence-electron chi connectivity index (χ1n) is 43.3. The summed E-state index contributed by atoms with van der Waals surface area (Å²) in [6, 6.07) is 47.6. The van der Waals surface area contributed by atoms with Crippen molar-refractivity contribution in [2.24, 2.45) is 28.7 Å². The number of carbonyl (C=O) groups excluding carboxylic acids is 10. The zero-order valence-electron chi connectivity index (χ0n) is 75.8. The second-order valence-electron chi connectivity index (χ2n) is 33.7. The minimum atomic E-state index is -4.58. The number of fused-ring (bicyclic) bond motifs is 4. The molecule has 0 unspecified atom stereocenters. The van der Waals surface area contributed by atoms with E-state index in [1.54, 1.807) is 171 Å². The topological polar surface area (TPSA) is 537 Å². The maximum atomic E-state index is 13.2.